The second-order valence-corrected chi connectivity index (χ2v) is 6.89. The Morgan fingerprint density at radius 1 is 1.39 bits per heavy atom. The molecule has 0 aliphatic carbocycles. The second kappa shape index (κ2) is 9.21. The average Bonchev–Trinajstić information content (AvgIpc) is 3.20. The Kier molecular flexibility index (Phi) is 6.47. The standard InChI is InChI=1S/C21H26N4O3/c1-3-4-7-19(26)25-12-5-6-16(14-25)20-18(13-22-24-20)23-21(27)15-8-10-17(28-2)11-9-15/h3,8-11,13,16H,1,4-7,12,14H2,2H3,(H,22,24)(H,23,27). The highest BCUT2D eigenvalue weighted by molar-refractivity contribution is 6.04. The minimum Gasteiger partial charge on any atom is -0.497 e. The largest absolute Gasteiger partial charge is 0.497 e. The number of likely N-dealkylation sites (tertiary alicyclic amines) is 1. The van der Waals surface area contributed by atoms with Gasteiger partial charge in [-0.1, -0.05) is 6.08 Å². The van der Waals surface area contributed by atoms with Crippen LogP contribution in [0, 0.1) is 0 Å². The number of allylic oxidation sites excluding steroid dienone is 1. The first-order valence-electron chi connectivity index (χ1n) is 9.49. The fourth-order valence-electron chi connectivity index (χ4n) is 3.47. The lowest BCUT2D eigenvalue weighted by molar-refractivity contribution is -0.132. The maximum atomic E-state index is 12.6. The summed E-state index contributed by atoms with van der Waals surface area (Å²) in [5, 5.41) is 10.1. The first-order chi connectivity index (χ1) is 13.6. The summed E-state index contributed by atoms with van der Waals surface area (Å²) >= 11 is 0. The number of nitrogens with one attached hydrogen (secondary N) is 2. The Hall–Kier alpha value is -3.09. The van der Waals surface area contributed by atoms with Crippen molar-refractivity contribution in [2.45, 2.75) is 31.6 Å². The third-order valence-electron chi connectivity index (χ3n) is 5.01. The van der Waals surface area contributed by atoms with Crippen LogP contribution in [0.2, 0.25) is 0 Å². The lowest BCUT2D eigenvalue weighted by Gasteiger charge is -2.32. The topological polar surface area (TPSA) is 87.3 Å². The fraction of sp³-hybridized carbons (Fsp3) is 0.381. The molecule has 3 rings (SSSR count). The van der Waals surface area contributed by atoms with Gasteiger partial charge in [0.05, 0.1) is 24.7 Å². The molecular formula is C21H26N4O3. The minimum atomic E-state index is -0.208. The van der Waals surface area contributed by atoms with Crippen molar-refractivity contribution < 1.29 is 14.3 Å². The van der Waals surface area contributed by atoms with E-state index in [2.05, 4.69) is 22.1 Å². The van der Waals surface area contributed by atoms with Crippen molar-refractivity contribution in [2.75, 3.05) is 25.5 Å². The maximum absolute atomic E-state index is 12.6. The lowest BCUT2D eigenvalue weighted by atomic mass is 9.93. The van der Waals surface area contributed by atoms with Gasteiger partial charge in [0.2, 0.25) is 5.91 Å². The van der Waals surface area contributed by atoms with Crippen LogP contribution in [-0.4, -0.2) is 47.1 Å². The van der Waals surface area contributed by atoms with E-state index in [4.69, 9.17) is 4.74 Å². The normalized spacial score (nSPS) is 16.5. The van der Waals surface area contributed by atoms with Crippen LogP contribution in [0.4, 0.5) is 5.69 Å². The summed E-state index contributed by atoms with van der Waals surface area (Å²) in [6, 6.07) is 6.93. The van der Waals surface area contributed by atoms with Gasteiger partial charge >= 0.3 is 0 Å². The molecular weight excluding hydrogens is 356 g/mol. The number of carbonyl (C=O) groups excluding carboxylic acids is 2. The van der Waals surface area contributed by atoms with Gasteiger partial charge in [-0.3, -0.25) is 14.7 Å². The zero-order valence-corrected chi connectivity index (χ0v) is 16.1. The van der Waals surface area contributed by atoms with E-state index in [1.165, 1.54) is 0 Å². The molecule has 0 saturated carbocycles. The van der Waals surface area contributed by atoms with Crippen molar-refractivity contribution in [2.24, 2.45) is 0 Å². The molecule has 7 heteroatoms. The predicted molar refractivity (Wildman–Crippen MR) is 108 cm³/mol. The lowest BCUT2D eigenvalue weighted by Crippen LogP contribution is -2.39. The van der Waals surface area contributed by atoms with E-state index < -0.39 is 0 Å². The van der Waals surface area contributed by atoms with Crippen molar-refractivity contribution >= 4 is 17.5 Å². The Bertz CT molecular complexity index is 828. The number of benzene rings is 1. The Labute approximate surface area is 164 Å². The van der Waals surface area contributed by atoms with Crippen LogP contribution in [0.1, 0.15) is 47.7 Å². The van der Waals surface area contributed by atoms with Crippen molar-refractivity contribution in [3.05, 3.63) is 54.4 Å². The van der Waals surface area contributed by atoms with E-state index in [1.807, 2.05) is 4.90 Å². The number of aromatic amines is 1. The molecule has 1 unspecified atom stereocenters. The highest BCUT2D eigenvalue weighted by Gasteiger charge is 2.27. The molecule has 1 atom stereocenters. The smallest absolute Gasteiger partial charge is 0.255 e. The molecule has 0 spiro atoms. The third kappa shape index (κ3) is 4.60. The van der Waals surface area contributed by atoms with Gasteiger partial charge < -0.3 is 15.0 Å². The van der Waals surface area contributed by atoms with Crippen LogP contribution in [0.3, 0.4) is 0 Å². The summed E-state index contributed by atoms with van der Waals surface area (Å²) in [6.45, 7) is 5.08. The summed E-state index contributed by atoms with van der Waals surface area (Å²) in [6.07, 6.45) is 6.43. The minimum absolute atomic E-state index is 0.120. The molecule has 1 aliphatic heterocycles. The van der Waals surface area contributed by atoms with E-state index >= 15 is 0 Å². The van der Waals surface area contributed by atoms with E-state index in [9.17, 15) is 9.59 Å². The molecule has 1 aromatic heterocycles. The van der Waals surface area contributed by atoms with Gasteiger partial charge in [-0.15, -0.1) is 6.58 Å². The van der Waals surface area contributed by atoms with Crippen LogP contribution in [-0.2, 0) is 4.79 Å². The molecule has 2 aromatic rings. The average molecular weight is 382 g/mol. The van der Waals surface area contributed by atoms with Gasteiger partial charge in [0.15, 0.2) is 0 Å². The van der Waals surface area contributed by atoms with Crippen LogP contribution in [0.25, 0.3) is 0 Å². The zero-order chi connectivity index (χ0) is 19.9. The number of amides is 2. The van der Waals surface area contributed by atoms with E-state index in [1.54, 1.807) is 43.6 Å². The molecule has 148 valence electrons. The number of anilines is 1. The number of rotatable bonds is 7. The first-order valence-corrected chi connectivity index (χ1v) is 9.49. The molecule has 0 bridgehead atoms. The van der Waals surface area contributed by atoms with E-state index in [0.717, 1.165) is 25.1 Å². The SMILES string of the molecule is C=CCCC(=O)N1CCCC(c2[nH]ncc2NC(=O)c2ccc(OC)cc2)C1. The molecule has 1 aliphatic rings. The number of H-pyrrole nitrogens is 1. The maximum Gasteiger partial charge on any atom is 0.255 e. The van der Waals surface area contributed by atoms with Crippen molar-refractivity contribution in [1.29, 1.82) is 0 Å². The quantitative estimate of drug-likeness (QED) is 0.719. The second-order valence-electron chi connectivity index (χ2n) is 6.89. The number of piperidine rings is 1. The Morgan fingerprint density at radius 3 is 2.89 bits per heavy atom. The van der Waals surface area contributed by atoms with Crippen LogP contribution >= 0.6 is 0 Å². The summed E-state index contributed by atoms with van der Waals surface area (Å²) in [4.78, 5) is 26.8. The highest BCUT2D eigenvalue weighted by atomic mass is 16.5. The van der Waals surface area contributed by atoms with Gasteiger partial charge in [0.25, 0.3) is 5.91 Å². The zero-order valence-electron chi connectivity index (χ0n) is 16.1. The third-order valence-corrected chi connectivity index (χ3v) is 5.01. The van der Waals surface area contributed by atoms with Crippen molar-refractivity contribution in [3.8, 4) is 5.75 Å². The number of nitrogens with zero attached hydrogens (tertiary/aromatic N) is 2. The van der Waals surface area contributed by atoms with Gasteiger partial charge in [0, 0.05) is 31.0 Å². The van der Waals surface area contributed by atoms with E-state index in [0.29, 0.717) is 36.4 Å². The number of hydrogen-bond donors (Lipinski definition) is 2. The molecule has 0 radical (unpaired) electrons. The Morgan fingerprint density at radius 2 is 2.18 bits per heavy atom. The number of methoxy groups -OCH3 is 1. The summed E-state index contributed by atoms with van der Waals surface area (Å²) < 4.78 is 5.12. The molecule has 2 amide bonds. The fourth-order valence-corrected chi connectivity index (χ4v) is 3.47. The first kappa shape index (κ1) is 19.7. The summed E-state index contributed by atoms with van der Waals surface area (Å²) in [5.41, 5.74) is 2.06. The van der Waals surface area contributed by atoms with Crippen LogP contribution in [0.5, 0.6) is 5.75 Å². The van der Waals surface area contributed by atoms with Gasteiger partial charge in [-0.05, 0) is 43.5 Å². The Balaban J connectivity index is 1.67. The monoisotopic (exact) mass is 382 g/mol. The molecule has 1 fully saturated rings. The summed E-state index contributed by atoms with van der Waals surface area (Å²) in [5.74, 6) is 0.757. The van der Waals surface area contributed by atoms with Gasteiger partial charge in [-0.2, -0.15) is 5.10 Å². The van der Waals surface area contributed by atoms with Gasteiger partial charge in [0.1, 0.15) is 5.75 Å². The van der Waals surface area contributed by atoms with Crippen molar-refractivity contribution in [1.82, 2.24) is 15.1 Å². The number of ether oxygens (including phenoxy) is 1. The van der Waals surface area contributed by atoms with Gasteiger partial charge in [-0.25, -0.2) is 0 Å². The molecule has 1 saturated heterocycles. The summed E-state index contributed by atoms with van der Waals surface area (Å²) in [7, 11) is 1.59. The predicted octanol–water partition coefficient (Wildman–Crippen LogP) is 3.34. The number of hydrogen-bond acceptors (Lipinski definition) is 4. The molecule has 1 aromatic carbocycles. The molecule has 2 N–H and O–H groups in total. The molecule has 7 nitrogen and oxygen atoms in total. The number of carbonyl (C=O) groups is 2. The molecule has 2 heterocycles. The van der Waals surface area contributed by atoms with Crippen LogP contribution in [0.15, 0.2) is 43.1 Å². The van der Waals surface area contributed by atoms with E-state index in [-0.39, 0.29) is 17.7 Å². The molecule has 28 heavy (non-hydrogen) atoms. The van der Waals surface area contributed by atoms with Crippen LogP contribution < -0.4 is 10.1 Å². The van der Waals surface area contributed by atoms with Crippen molar-refractivity contribution in [3.63, 3.8) is 0 Å². The number of aromatic nitrogens is 2. The highest BCUT2D eigenvalue weighted by Crippen LogP contribution is 2.31.